The minimum Gasteiger partial charge on any atom is -0.376 e. The van der Waals surface area contributed by atoms with Gasteiger partial charge >= 0.3 is 6.18 Å². The smallest absolute Gasteiger partial charge is 0.376 e. The molecule has 0 fully saturated rings. The lowest BCUT2D eigenvalue weighted by Gasteiger charge is -2.27. The summed E-state index contributed by atoms with van der Waals surface area (Å²) in [7, 11) is 0. The molecule has 10 heteroatoms. The average molecular weight is 427 g/mol. The summed E-state index contributed by atoms with van der Waals surface area (Å²) in [6, 6.07) is 2.61. The predicted octanol–water partition coefficient (Wildman–Crippen LogP) is 4.30. The van der Waals surface area contributed by atoms with Crippen LogP contribution >= 0.6 is 11.6 Å². The van der Waals surface area contributed by atoms with Crippen molar-refractivity contribution in [3.63, 3.8) is 0 Å². The quantitative estimate of drug-likeness (QED) is 0.621. The van der Waals surface area contributed by atoms with Gasteiger partial charge in [0.1, 0.15) is 16.7 Å². The number of alkyl halides is 3. The Labute approximate surface area is 168 Å². The van der Waals surface area contributed by atoms with E-state index in [4.69, 9.17) is 11.6 Å². The van der Waals surface area contributed by atoms with Gasteiger partial charge in [0.15, 0.2) is 11.4 Å². The zero-order chi connectivity index (χ0) is 21.1. The van der Waals surface area contributed by atoms with Crippen molar-refractivity contribution in [1.29, 1.82) is 0 Å². The molecule has 1 atom stereocenters. The van der Waals surface area contributed by atoms with Crippen molar-refractivity contribution in [1.82, 2.24) is 19.7 Å². The van der Waals surface area contributed by atoms with E-state index in [9.17, 15) is 18.3 Å². The van der Waals surface area contributed by atoms with Crippen LogP contribution in [0.2, 0.25) is 5.02 Å². The number of fused-ring (bicyclic) bond motifs is 3. The molecule has 29 heavy (non-hydrogen) atoms. The fourth-order valence-corrected chi connectivity index (χ4v) is 3.74. The summed E-state index contributed by atoms with van der Waals surface area (Å²) in [5, 5.41) is 17.8. The molecule has 1 N–H and O–H groups in total. The highest BCUT2D eigenvalue weighted by Gasteiger charge is 2.51. The number of benzene rings is 1. The van der Waals surface area contributed by atoms with Crippen molar-refractivity contribution >= 4 is 11.6 Å². The summed E-state index contributed by atoms with van der Waals surface area (Å²) >= 11 is 6.32. The van der Waals surface area contributed by atoms with Gasteiger partial charge < -0.3 is 5.11 Å². The Balaban J connectivity index is 1.88. The molecule has 1 aliphatic rings. The topological polar surface area (TPSA) is 63.8 Å². The van der Waals surface area contributed by atoms with Gasteiger partial charge in [-0.05, 0) is 38.0 Å². The Hall–Kier alpha value is -2.52. The third-order valence-electron chi connectivity index (χ3n) is 5.16. The number of aliphatic hydroxyl groups is 1. The van der Waals surface area contributed by atoms with Crippen LogP contribution in [-0.2, 0) is 18.4 Å². The van der Waals surface area contributed by atoms with Crippen molar-refractivity contribution in [2.45, 2.75) is 38.5 Å². The molecule has 1 aliphatic heterocycles. The lowest BCUT2D eigenvalue weighted by Crippen LogP contribution is -2.39. The first-order chi connectivity index (χ1) is 13.5. The molecule has 0 bridgehead atoms. The summed E-state index contributed by atoms with van der Waals surface area (Å²) in [4.78, 5) is 3.77. The van der Waals surface area contributed by atoms with Gasteiger partial charge in [0.2, 0.25) is 0 Å². The highest BCUT2D eigenvalue weighted by molar-refractivity contribution is 6.33. The van der Waals surface area contributed by atoms with Crippen molar-refractivity contribution < 1.29 is 22.7 Å². The molecule has 152 valence electrons. The highest BCUT2D eigenvalue weighted by atomic mass is 35.5. The van der Waals surface area contributed by atoms with Crippen LogP contribution in [0.1, 0.15) is 29.7 Å². The van der Waals surface area contributed by atoms with Gasteiger partial charge in [-0.1, -0.05) is 11.6 Å². The average Bonchev–Trinajstić information content (AvgIpc) is 3.04. The van der Waals surface area contributed by atoms with Crippen molar-refractivity contribution in [2.24, 2.45) is 0 Å². The Morgan fingerprint density at radius 1 is 1.14 bits per heavy atom. The molecular formula is C19H15ClF4N4O. The molecule has 4 rings (SSSR count). The van der Waals surface area contributed by atoms with E-state index in [2.05, 4.69) is 15.2 Å². The van der Waals surface area contributed by atoms with E-state index >= 15 is 4.39 Å². The lowest BCUT2D eigenvalue weighted by atomic mass is 9.92. The van der Waals surface area contributed by atoms with Crippen LogP contribution in [0, 0.1) is 12.7 Å². The van der Waals surface area contributed by atoms with Crippen LogP contribution in [0.3, 0.4) is 0 Å². The number of aryl methyl sites for hydroxylation is 3. The molecule has 0 radical (unpaired) electrons. The maximum atomic E-state index is 15.2. The normalized spacial score (nSPS) is 15.6. The monoisotopic (exact) mass is 426 g/mol. The first-order valence-electron chi connectivity index (χ1n) is 8.69. The highest BCUT2D eigenvalue weighted by Crippen LogP contribution is 2.41. The van der Waals surface area contributed by atoms with Crippen molar-refractivity contribution in [3.8, 4) is 16.8 Å². The van der Waals surface area contributed by atoms with Crippen LogP contribution in [-0.4, -0.2) is 31.0 Å². The number of hydrogen-bond acceptors (Lipinski definition) is 4. The van der Waals surface area contributed by atoms with E-state index in [1.807, 2.05) is 0 Å². The third kappa shape index (κ3) is 3.00. The first-order valence-corrected chi connectivity index (χ1v) is 9.07. The van der Waals surface area contributed by atoms with Gasteiger partial charge in [-0.25, -0.2) is 4.39 Å². The van der Waals surface area contributed by atoms with Crippen LogP contribution < -0.4 is 0 Å². The number of aromatic nitrogens is 4. The Bertz CT molecular complexity index is 1120. The molecular weight excluding hydrogens is 412 g/mol. The zero-order valence-electron chi connectivity index (χ0n) is 15.3. The minimum atomic E-state index is -4.91. The van der Waals surface area contributed by atoms with Crippen LogP contribution in [0.5, 0.6) is 0 Å². The summed E-state index contributed by atoms with van der Waals surface area (Å²) in [5.74, 6) is 0.422. The van der Waals surface area contributed by atoms with E-state index < -0.39 is 23.2 Å². The van der Waals surface area contributed by atoms with Gasteiger partial charge in [0, 0.05) is 35.5 Å². The number of pyridine rings is 1. The zero-order valence-corrected chi connectivity index (χ0v) is 16.1. The van der Waals surface area contributed by atoms with E-state index in [-0.39, 0.29) is 16.1 Å². The molecule has 0 saturated heterocycles. The van der Waals surface area contributed by atoms with Crippen molar-refractivity contribution in [2.75, 3.05) is 0 Å². The van der Waals surface area contributed by atoms with Gasteiger partial charge in [-0.2, -0.15) is 13.2 Å². The summed E-state index contributed by atoms with van der Waals surface area (Å²) < 4.78 is 56.4. The standard InChI is InChI=1S/C19H15ClF4N4O/c1-9-26-27-14-4-3-10-6-13(16(21)15(20)17(10)28(9)14)11-5-12(8-25-7-11)18(2,29)19(22,23)24/h5-8,29H,3-4H2,1-2H3. The summed E-state index contributed by atoms with van der Waals surface area (Å²) in [5.41, 5.74) is -2.37. The molecule has 1 unspecified atom stereocenters. The molecule has 0 spiro atoms. The van der Waals surface area contributed by atoms with E-state index in [0.29, 0.717) is 37.1 Å². The van der Waals surface area contributed by atoms with Crippen LogP contribution in [0.15, 0.2) is 24.5 Å². The second-order valence-corrected chi connectivity index (χ2v) is 7.47. The number of nitrogens with zero attached hydrogens (tertiary/aromatic N) is 4. The molecule has 0 amide bonds. The Morgan fingerprint density at radius 3 is 2.55 bits per heavy atom. The van der Waals surface area contributed by atoms with E-state index in [0.717, 1.165) is 17.8 Å². The number of rotatable bonds is 2. The lowest BCUT2D eigenvalue weighted by molar-refractivity contribution is -0.259. The van der Waals surface area contributed by atoms with Gasteiger partial charge in [0.25, 0.3) is 0 Å². The minimum absolute atomic E-state index is 0.00949. The van der Waals surface area contributed by atoms with Crippen LogP contribution in [0.25, 0.3) is 16.8 Å². The fraction of sp³-hybridized carbons (Fsp3) is 0.316. The predicted molar refractivity (Wildman–Crippen MR) is 97.3 cm³/mol. The molecule has 3 heterocycles. The summed E-state index contributed by atoms with van der Waals surface area (Å²) in [6.45, 7) is 2.35. The molecule has 1 aromatic carbocycles. The van der Waals surface area contributed by atoms with Gasteiger partial charge in [-0.3, -0.25) is 9.55 Å². The largest absolute Gasteiger partial charge is 0.421 e. The second kappa shape index (κ2) is 6.50. The molecule has 2 aromatic heterocycles. The van der Waals surface area contributed by atoms with E-state index in [1.165, 1.54) is 6.20 Å². The van der Waals surface area contributed by atoms with Gasteiger partial charge in [0.05, 0.1) is 5.69 Å². The van der Waals surface area contributed by atoms with Gasteiger partial charge in [-0.15, -0.1) is 10.2 Å². The molecule has 0 saturated carbocycles. The number of hydrogen-bond donors (Lipinski definition) is 1. The Morgan fingerprint density at radius 2 is 1.86 bits per heavy atom. The second-order valence-electron chi connectivity index (χ2n) is 7.09. The molecule has 3 aromatic rings. The maximum absolute atomic E-state index is 15.2. The maximum Gasteiger partial charge on any atom is 0.421 e. The Kier molecular flexibility index (Phi) is 4.43. The fourth-order valence-electron chi connectivity index (χ4n) is 3.43. The van der Waals surface area contributed by atoms with Crippen molar-refractivity contribution in [3.05, 3.63) is 58.1 Å². The number of halogens is 5. The van der Waals surface area contributed by atoms with E-state index in [1.54, 1.807) is 17.6 Å². The SMILES string of the molecule is Cc1nnc2n1-c1c(cc(-c3cncc(C(C)(O)C(F)(F)F)c3)c(F)c1Cl)CC2. The first kappa shape index (κ1) is 19.8. The molecule has 5 nitrogen and oxygen atoms in total. The molecule has 0 aliphatic carbocycles. The third-order valence-corrected chi connectivity index (χ3v) is 5.50. The summed E-state index contributed by atoms with van der Waals surface area (Å²) in [6.07, 6.45) is -1.69. The van der Waals surface area contributed by atoms with Crippen LogP contribution in [0.4, 0.5) is 17.6 Å².